The monoisotopic (exact) mass is 242 g/mol. The first-order chi connectivity index (χ1) is 8.04. The first-order valence-corrected chi connectivity index (χ1v) is 7.06. The summed E-state index contributed by atoms with van der Waals surface area (Å²) in [5, 5.41) is 3.72. The van der Waals surface area contributed by atoms with Crippen LogP contribution in [0.1, 0.15) is 47.0 Å². The minimum Gasteiger partial charge on any atom is -0.380 e. The van der Waals surface area contributed by atoms with E-state index in [1.54, 1.807) is 7.11 Å². The highest BCUT2D eigenvalue weighted by molar-refractivity contribution is 4.94. The van der Waals surface area contributed by atoms with Gasteiger partial charge in [0.15, 0.2) is 0 Å². The van der Waals surface area contributed by atoms with Crippen LogP contribution >= 0.6 is 0 Å². The van der Waals surface area contributed by atoms with Gasteiger partial charge < -0.3 is 10.1 Å². The molecule has 3 heteroatoms. The Morgan fingerprint density at radius 3 is 2.71 bits per heavy atom. The molecule has 1 aliphatic heterocycles. The van der Waals surface area contributed by atoms with Crippen molar-refractivity contribution < 1.29 is 4.74 Å². The van der Waals surface area contributed by atoms with Gasteiger partial charge in [-0.1, -0.05) is 20.3 Å². The molecule has 1 N–H and O–H groups in total. The van der Waals surface area contributed by atoms with Crippen molar-refractivity contribution in [2.75, 3.05) is 26.7 Å². The zero-order chi connectivity index (χ0) is 12.9. The Balaban J connectivity index is 2.62. The van der Waals surface area contributed by atoms with E-state index in [1.807, 2.05) is 0 Å². The van der Waals surface area contributed by atoms with Gasteiger partial charge in [0.25, 0.3) is 0 Å². The van der Waals surface area contributed by atoms with Crippen LogP contribution < -0.4 is 5.32 Å². The standard InChI is InChI=1S/C14H30N2O/c1-6-8-13-9-15-14(4,7-2)11-16(13)10-12(3)17-5/h12-13,15H,6-11H2,1-5H3. The Labute approximate surface area is 107 Å². The van der Waals surface area contributed by atoms with Crippen molar-refractivity contribution in [1.29, 1.82) is 0 Å². The summed E-state index contributed by atoms with van der Waals surface area (Å²) in [6.45, 7) is 12.3. The fourth-order valence-electron chi connectivity index (χ4n) is 2.60. The highest BCUT2D eigenvalue weighted by Gasteiger charge is 2.34. The maximum Gasteiger partial charge on any atom is 0.0670 e. The smallest absolute Gasteiger partial charge is 0.0670 e. The van der Waals surface area contributed by atoms with E-state index in [2.05, 4.69) is 37.9 Å². The lowest BCUT2D eigenvalue weighted by molar-refractivity contribution is 0.0206. The molecule has 3 atom stereocenters. The molecule has 0 bridgehead atoms. The predicted molar refractivity (Wildman–Crippen MR) is 73.4 cm³/mol. The van der Waals surface area contributed by atoms with E-state index >= 15 is 0 Å². The first kappa shape index (κ1) is 14.9. The van der Waals surface area contributed by atoms with Crippen LogP contribution in [0.5, 0.6) is 0 Å². The highest BCUT2D eigenvalue weighted by Crippen LogP contribution is 2.21. The molecule has 0 radical (unpaired) electrons. The predicted octanol–water partition coefficient (Wildman–Crippen LogP) is 2.26. The SMILES string of the molecule is CCCC1CNC(C)(CC)CN1CC(C)OC. The van der Waals surface area contributed by atoms with Gasteiger partial charge in [0.1, 0.15) is 0 Å². The normalized spacial score (nSPS) is 32.6. The van der Waals surface area contributed by atoms with Gasteiger partial charge in [0.05, 0.1) is 6.10 Å². The van der Waals surface area contributed by atoms with Crippen molar-refractivity contribution in [3.8, 4) is 0 Å². The Morgan fingerprint density at radius 2 is 2.18 bits per heavy atom. The number of ether oxygens (including phenoxy) is 1. The number of nitrogens with one attached hydrogen (secondary N) is 1. The van der Waals surface area contributed by atoms with Gasteiger partial charge in [-0.3, -0.25) is 4.90 Å². The highest BCUT2D eigenvalue weighted by atomic mass is 16.5. The van der Waals surface area contributed by atoms with Crippen molar-refractivity contribution in [2.45, 2.75) is 64.6 Å². The Bertz CT molecular complexity index is 222. The molecule has 0 saturated carbocycles. The van der Waals surface area contributed by atoms with Gasteiger partial charge in [-0.05, 0) is 26.7 Å². The summed E-state index contributed by atoms with van der Waals surface area (Å²) in [5.74, 6) is 0. The maximum atomic E-state index is 5.42. The van der Waals surface area contributed by atoms with E-state index in [4.69, 9.17) is 4.74 Å². The molecule has 1 fully saturated rings. The lowest BCUT2D eigenvalue weighted by Gasteiger charge is -2.46. The molecule has 102 valence electrons. The molecule has 0 spiro atoms. The molecule has 0 amide bonds. The fourth-order valence-corrected chi connectivity index (χ4v) is 2.60. The number of methoxy groups -OCH3 is 1. The zero-order valence-electron chi connectivity index (χ0n) is 12.3. The summed E-state index contributed by atoms with van der Waals surface area (Å²) < 4.78 is 5.42. The first-order valence-electron chi connectivity index (χ1n) is 7.06. The fraction of sp³-hybridized carbons (Fsp3) is 1.00. The largest absolute Gasteiger partial charge is 0.380 e. The van der Waals surface area contributed by atoms with Crippen LogP contribution in [0.15, 0.2) is 0 Å². The summed E-state index contributed by atoms with van der Waals surface area (Å²) in [5.41, 5.74) is 0.275. The van der Waals surface area contributed by atoms with Crippen molar-refractivity contribution in [2.24, 2.45) is 0 Å². The molecular formula is C14H30N2O. The van der Waals surface area contributed by atoms with E-state index in [-0.39, 0.29) is 5.54 Å². The lowest BCUT2D eigenvalue weighted by Crippen LogP contribution is -2.63. The van der Waals surface area contributed by atoms with E-state index in [0.717, 1.165) is 19.6 Å². The Morgan fingerprint density at radius 1 is 1.47 bits per heavy atom. The number of hydrogen-bond donors (Lipinski definition) is 1. The molecule has 1 aliphatic rings. The summed E-state index contributed by atoms with van der Waals surface area (Å²) in [6.07, 6.45) is 4.05. The minimum atomic E-state index is 0.275. The van der Waals surface area contributed by atoms with Crippen LogP contribution in [-0.4, -0.2) is 49.3 Å². The van der Waals surface area contributed by atoms with Crippen LogP contribution in [0, 0.1) is 0 Å². The molecular weight excluding hydrogens is 212 g/mol. The zero-order valence-corrected chi connectivity index (χ0v) is 12.3. The third-order valence-corrected chi connectivity index (χ3v) is 4.13. The quantitative estimate of drug-likeness (QED) is 0.773. The summed E-state index contributed by atoms with van der Waals surface area (Å²) >= 11 is 0. The second-order valence-electron chi connectivity index (χ2n) is 5.71. The van der Waals surface area contributed by atoms with E-state index < -0.39 is 0 Å². The van der Waals surface area contributed by atoms with Crippen molar-refractivity contribution in [1.82, 2.24) is 10.2 Å². The molecule has 0 aromatic heterocycles. The number of rotatable bonds is 6. The molecule has 1 heterocycles. The van der Waals surface area contributed by atoms with Gasteiger partial charge in [0.2, 0.25) is 0 Å². The van der Waals surface area contributed by atoms with Gasteiger partial charge >= 0.3 is 0 Å². The average molecular weight is 242 g/mol. The summed E-state index contributed by atoms with van der Waals surface area (Å²) in [7, 11) is 1.81. The number of nitrogens with zero attached hydrogens (tertiary/aromatic N) is 1. The molecule has 0 aliphatic carbocycles. The third-order valence-electron chi connectivity index (χ3n) is 4.13. The average Bonchev–Trinajstić information content (AvgIpc) is 2.33. The van der Waals surface area contributed by atoms with Crippen molar-refractivity contribution in [3.63, 3.8) is 0 Å². The van der Waals surface area contributed by atoms with Crippen LogP contribution in [-0.2, 0) is 4.74 Å². The van der Waals surface area contributed by atoms with Crippen LogP contribution in [0.2, 0.25) is 0 Å². The van der Waals surface area contributed by atoms with Gasteiger partial charge in [-0.15, -0.1) is 0 Å². The van der Waals surface area contributed by atoms with Crippen LogP contribution in [0.25, 0.3) is 0 Å². The molecule has 3 unspecified atom stereocenters. The third kappa shape index (κ3) is 4.23. The second-order valence-corrected chi connectivity index (χ2v) is 5.71. The van der Waals surface area contributed by atoms with E-state index in [9.17, 15) is 0 Å². The molecule has 3 nitrogen and oxygen atoms in total. The molecule has 17 heavy (non-hydrogen) atoms. The summed E-state index contributed by atoms with van der Waals surface area (Å²) in [4.78, 5) is 2.62. The second kappa shape index (κ2) is 6.72. The molecule has 1 rings (SSSR count). The van der Waals surface area contributed by atoms with Gasteiger partial charge in [-0.25, -0.2) is 0 Å². The lowest BCUT2D eigenvalue weighted by atomic mass is 9.92. The van der Waals surface area contributed by atoms with Crippen molar-refractivity contribution in [3.05, 3.63) is 0 Å². The molecule has 1 saturated heterocycles. The van der Waals surface area contributed by atoms with Gasteiger partial charge in [-0.2, -0.15) is 0 Å². The van der Waals surface area contributed by atoms with E-state index in [0.29, 0.717) is 12.1 Å². The van der Waals surface area contributed by atoms with Crippen LogP contribution in [0.3, 0.4) is 0 Å². The Hall–Kier alpha value is -0.120. The number of hydrogen-bond acceptors (Lipinski definition) is 3. The Kier molecular flexibility index (Phi) is 5.90. The van der Waals surface area contributed by atoms with Gasteiger partial charge in [0, 0.05) is 38.3 Å². The molecule has 0 aromatic rings. The van der Waals surface area contributed by atoms with Crippen molar-refractivity contribution >= 4 is 0 Å². The maximum absolute atomic E-state index is 5.42. The summed E-state index contributed by atoms with van der Waals surface area (Å²) in [6, 6.07) is 0.678. The van der Waals surface area contributed by atoms with Crippen LogP contribution in [0.4, 0.5) is 0 Å². The molecule has 0 aromatic carbocycles. The minimum absolute atomic E-state index is 0.275. The number of piperazine rings is 1. The topological polar surface area (TPSA) is 24.5 Å². The van der Waals surface area contributed by atoms with E-state index in [1.165, 1.54) is 19.3 Å².